The summed E-state index contributed by atoms with van der Waals surface area (Å²) in [6.07, 6.45) is 0. The summed E-state index contributed by atoms with van der Waals surface area (Å²) in [5, 5.41) is 0. The van der Waals surface area contributed by atoms with Gasteiger partial charge in [0.2, 0.25) is 0 Å². The van der Waals surface area contributed by atoms with Crippen LogP contribution >= 0.6 is 0 Å². The molecular formula is C18H27FN2O2. The van der Waals surface area contributed by atoms with Gasteiger partial charge in [0.05, 0.1) is 13.0 Å². The van der Waals surface area contributed by atoms with Gasteiger partial charge >= 0.3 is 0 Å². The van der Waals surface area contributed by atoms with Crippen molar-refractivity contribution in [3.05, 3.63) is 29.6 Å². The van der Waals surface area contributed by atoms with E-state index in [2.05, 4.69) is 16.8 Å². The predicted octanol–water partition coefficient (Wildman–Crippen LogP) is 2.39. The van der Waals surface area contributed by atoms with E-state index in [-0.39, 0.29) is 23.4 Å². The van der Waals surface area contributed by atoms with Crippen molar-refractivity contribution in [2.75, 3.05) is 46.9 Å². The van der Waals surface area contributed by atoms with Crippen molar-refractivity contribution >= 4 is 5.78 Å². The van der Waals surface area contributed by atoms with Crippen LogP contribution in [0.4, 0.5) is 4.39 Å². The van der Waals surface area contributed by atoms with E-state index >= 15 is 0 Å². The molecule has 0 bridgehead atoms. The fourth-order valence-electron chi connectivity index (χ4n) is 2.95. The van der Waals surface area contributed by atoms with E-state index < -0.39 is 5.82 Å². The van der Waals surface area contributed by atoms with Crippen LogP contribution in [0, 0.1) is 11.7 Å². The summed E-state index contributed by atoms with van der Waals surface area (Å²) in [7, 11) is 3.55. The number of carbonyl (C=O) groups excluding carboxylic acids is 1. The first-order valence-corrected chi connectivity index (χ1v) is 8.20. The standard InChI is InChI=1S/C18H27FN2O2/c1-13(2)18(22)15(12-21-9-7-20(3)8-10-21)14-5-6-17(23-4)16(19)11-14/h5-6,11,13,15H,7-10,12H2,1-4H3/t15-/m0/s1. The average molecular weight is 322 g/mol. The van der Waals surface area contributed by atoms with Gasteiger partial charge in [-0.05, 0) is 24.7 Å². The number of piperazine rings is 1. The summed E-state index contributed by atoms with van der Waals surface area (Å²) in [4.78, 5) is 17.2. The van der Waals surface area contributed by atoms with Gasteiger partial charge in [0.1, 0.15) is 5.78 Å². The van der Waals surface area contributed by atoms with Crippen molar-refractivity contribution in [1.82, 2.24) is 9.80 Å². The first-order chi connectivity index (χ1) is 10.9. The van der Waals surface area contributed by atoms with Crippen molar-refractivity contribution in [2.24, 2.45) is 5.92 Å². The minimum atomic E-state index is -0.412. The second kappa shape index (κ2) is 7.88. The molecule has 1 fully saturated rings. The summed E-state index contributed by atoms with van der Waals surface area (Å²) in [5.74, 6) is -0.404. The fourth-order valence-corrected chi connectivity index (χ4v) is 2.95. The summed E-state index contributed by atoms with van der Waals surface area (Å²) in [6, 6.07) is 4.86. The molecular weight excluding hydrogens is 295 g/mol. The Kier molecular flexibility index (Phi) is 6.13. The van der Waals surface area contributed by atoms with Gasteiger partial charge in [-0.3, -0.25) is 9.69 Å². The molecule has 2 rings (SSSR count). The largest absolute Gasteiger partial charge is 0.494 e. The first kappa shape index (κ1) is 17.9. The first-order valence-electron chi connectivity index (χ1n) is 8.20. The molecule has 1 aromatic rings. The van der Waals surface area contributed by atoms with Crippen molar-refractivity contribution in [3.8, 4) is 5.75 Å². The molecule has 0 aliphatic carbocycles. The van der Waals surface area contributed by atoms with E-state index in [1.54, 1.807) is 6.07 Å². The average Bonchev–Trinajstić information content (AvgIpc) is 2.53. The number of Topliss-reactive ketones (excluding diaryl/α,β-unsaturated/α-hetero) is 1. The number of methoxy groups -OCH3 is 1. The van der Waals surface area contributed by atoms with Crippen LogP contribution in [0.5, 0.6) is 5.75 Å². The normalized spacial score (nSPS) is 18.2. The highest BCUT2D eigenvalue weighted by Crippen LogP contribution is 2.27. The lowest BCUT2D eigenvalue weighted by atomic mass is 9.88. The quantitative estimate of drug-likeness (QED) is 0.805. The van der Waals surface area contributed by atoms with Crippen LogP contribution in [0.3, 0.4) is 0 Å². The highest BCUT2D eigenvalue weighted by Gasteiger charge is 2.27. The Bertz CT molecular complexity index is 540. The van der Waals surface area contributed by atoms with Gasteiger partial charge in [-0.25, -0.2) is 4.39 Å². The number of carbonyl (C=O) groups is 1. The number of rotatable bonds is 6. The molecule has 1 saturated heterocycles. The summed E-state index contributed by atoms with van der Waals surface area (Å²) in [5.41, 5.74) is 0.737. The SMILES string of the molecule is COc1ccc([C@H](CN2CCN(C)CC2)C(=O)C(C)C)cc1F. The van der Waals surface area contributed by atoms with Gasteiger partial charge in [-0.15, -0.1) is 0 Å². The van der Waals surface area contributed by atoms with E-state index in [9.17, 15) is 9.18 Å². The Hall–Kier alpha value is -1.46. The third kappa shape index (κ3) is 4.52. The number of hydrogen-bond donors (Lipinski definition) is 0. The van der Waals surface area contributed by atoms with Gasteiger partial charge < -0.3 is 9.64 Å². The number of benzene rings is 1. The van der Waals surface area contributed by atoms with Crippen LogP contribution in [0.2, 0.25) is 0 Å². The van der Waals surface area contributed by atoms with Gasteiger partial charge in [-0.2, -0.15) is 0 Å². The molecule has 4 nitrogen and oxygen atoms in total. The molecule has 1 aliphatic rings. The number of ketones is 1. The third-order valence-electron chi connectivity index (χ3n) is 4.53. The van der Waals surface area contributed by atoms with E-state index in [0.717, 1.165) is 31.7 Å². The van der Waals surface area contributed by atoms with E-state index in [1.807, 2.05) is 19.9 Å². The highest BCUT2D eigenvalue weighted by atomic mass is 19.1. The number of halogens is 1. The maximum absolute atomic E-state index is 14.0. The van der Waals surface area contributed by atoms with Crippen LogP contribution in [-0.2, 0) is 4.79 Å². The Morgan fingerprint density at radius 3 is 2.43 bits per heavy atom. The molecule has 1 aromatic carbocycles. The lowest BCUT2D eigenvalue weighted by Gasteiger charge is -2.34. The molecule has 1 aliphatic heterocycles. The number of hydrogen-bond acceptors (Lipinski definition) is 4. The van der Waals surface area contributed by atoms with Gasteiger partial charge in [0, 0.05) is 38.6 Å². The van der Waals surface area contributed by atoms with Crippen LogP contribution in [-0.4, -0.2) is 62.5 Å². The second-order valence-electron chi connectivity index (χ2n) is 6.61. The smallest absolute Gasteiger partial charge is 0.165 e. The lowest BCUT2D eigenvalue weighted by molar-refractivity contribution is -0.124. The molecule has 0 saturated carbocycles. The Morgan fingerprint density at radius 1 is 1.26 bits per heavy atom. The maximum Gasteiger partial charge on any atom is 0.165 e. The molecule has 1 atom stereocenters. The lowest BCUT2D eigenvalue weighted by Crippen LogP contribution is -2.46. The molecule has 5 heteroatoms. The maximum atomic E-state index is 14.0. The van der Waals surface area contributed by atoms with Gasteiger partial charge in [0.25, 0.3) is 0 Å². The molecule has 23 heavy (non-hydrogen) atoms. The van der Waals surface area contributed by atoms with E-state index in [4.69, 9.17) is 4.74 Å². The number of ether oxygens (including phenoxy) is 1. The number of likely N-dealkylation sites (N-methyl/N-ethyl adjacent to an activating group) is 1. The molecule has 1 heterocycles. The van der Waals surface area contributed by atoms with Crippen molar-refractivity contribution < 1.29 is 13.9 Å². The summed E-state index contributed by atoms with van der Waals surface area (Å²) >= 11 is 0. The minimum absolute atomic E-state index is 0.0716. The third-order valence-corrected chi connectivity index (χ3v) is 4.53. The molecule has 0 spiro atoms. The molecule has 0 unspecified atom stereocenters. The van der Waals surface area contributed by atoms with E-state index in [0.29, 0.717) is 6.54 Å². The topological polar surface area (TPSA) is 32.8 Å². The van der Waals surface area contributed by atoms with Crippen molar-refractivity contribution in [1.29, 1.82) is 0 Å². The zero-order chi connectivity index (χ0) is 17.0. The second-order valence-corrected chi connectivity index (χ2v) is 6.61. The van der Waals surface area contributed by atoms with Gasteiger partial charge in [-0.1, -0.05) is 19.9 Å². The molecule has 0 amide bonds. The molecule has 0 N–H and O–H groups in total. The van der Waals surface area contributed by atoms with E-state index in [1.165, 1.54) is 13.2 Å². The van der Waals surface area contributed by atoms with Crippen LogP contribution < -0.4 is 4.74 Å². The van der Waals surface area contributed by atoms with Gasteiger partial charge in [0.15, 0.2) is 11.6 Å². The Labute approximate surface area is 138 Å². The minimum Gasteiger partial charge on any atom is -0.494 e. The zero-order valence-corrected chi connectivity index (χ0v) is 14.5. The van der Waals surface area contributed by atoms with Crippen LogP contribution in [0.15, 0.2) is 18.2 Å². The molecule has 0 radical (unpaired) electrons. The monoisotopic (exact) mass is 322 g/mol. The molecule has 0 aromatic heterocycles. The molecule has 128 valence electrons. The highest BCUT2D eigenvalue weighted by molar-refractivity contribution is 5.87. The van der Waals surface area contributed by atoms with Crippen molar-refractivity contribution in [2.45, 2.75) is 19.8 Å². The summed E-state index contributed by atoms with van der Waals surface area (Å²) < 4.78 is 19.0. The predicted molar refractivity (Wildman–Crippen MR) is 89.5 cm³/mol. The van der Waals surface area contributed by atoms with Crippen LogP contribution in [0.25, 0.3) is 0 Å². The zero-order valence-electron chi connectivity index (χ0n) is 14.5. The van der Waals surface area contributed by atoms with Crippen LogP contribution in [0.1, 0.15) is 25.3 Å². The van der Waals surface area contributed by atoms with Crippen molar-refractivity contribution in [3.63, 3.8) is 0 Å². The summed E-state index contributed by atoms with van der Waals surface area (Å²) in [6.45, 7) is 8.34. The Morgan fingerprint density at radius 2 is 1.91 bits per heavy atom. The Balaban J connectivity index is 2.20. The number of nitrogens with zero attached hydrogens (tertiary/aromatic N) is 2. The fraction of sp³-hybridized carbons (Fsp3) is 0.611.